The molecule has 0 spiro atoms. The summed E-state index contributed by atoms with van der Waals surface area (Å²) in [5.41, 5.74) is -1.17. The maximum absolute atomic E-state index is 14.1. The number of Topliss-reactive ketones (excluding diaryl/α,β-unsaturated/α-hetero) is 1. The highest BCUT2D eigenvalue weighted by atomic mass is 28.4. The average molecular weight is 817 g/mol. The Morgan fingerprint density at radius 2 is 1.52 bits per heavy atom. The smallest absolute Gasteiger partial charge is 0.262 e. The fraction of sp³-hybridized carbons (Fsp3) is 0.489. The van der Waals surface area contributed by atoms with Crippen molar-refractivity contribution in [1.29, 1.82) is 0 Å². The van der Waals surface area contributed by atoms with Gasteiger partial charge in [0.15, 0.2) is 17.4 Å². The molecule has 13 heteroatoms. The number of fused-ring (bicyclic) bond motifs is 1. The molecule has 2 heterocycles. The Morgan fingerprint density at radius 3 is 2.10 bits per heavy atom. The zero-order valence-corrected chi connectivity index (χ0v) is 35.5. The maximum Gasteiger partial charge on any atom is 0.262 e. The quantitative estimate of drug-likeness (QED) is 0.151. The van der Waals surface area contributed by atoms with E-state index >= 15 is 0 Å². The lowest BCUT2D eigenvalue weighted by molar-refractivity contribution is -0.144. The molecule has 2 aliphatic heterocycles. The monoisotopic (exact) mass is 816 g/mol. The summed E-state index contributed by atoms with van der Waals surface area (Å²) in [7, 11) is -2.93. The van der Waals surface area contributed by atoms with Gasteiger partial charge in [-0.1, -0.05) is 107 Å². The van der Waals surface area contributed by atoms with Crippen molar-refractivity contribution < 1.29 is 37.2 Å². The van der Waals surface area contributed by atoms with Crippen LogP contribution < -0.4 is 26.3 Å². The first kappa shape index (κ1) is 44.4. The van der Waals surface area contributed by atoms with Crippen LogP contribution in [0.5, 0.6) is 0 Å². The summed E-state index contributed by atoms with van der Waals surface area (Å²) in [5.74, 6) is -4.28. The second-order valence-electron chi connectivity index (χ2n) is 16.9. The highest BCUT2D eigenvalue weighted by Crippen LogP contribution is 2.37. The highest BCUT2D eigenvalue weighted by Gasteiger charge is 2.51. The number of halogens is 2. The lowest BCUT2D eigenvalue weighted by Crippen LogP contribution is -2.68. The third kappa shape index (κ3) is 9.91. The number of nitrogens with one attached hydrogen (secondary N) is 3. The van der Waals surface area contributed by atoms with E-state index in [4.69, 9.17) is 4.43 Å². The van der Waals surface area contributed by atoms with Gasteiger partial charge in [-0.2, -0.15) is 0 Å². The molecule has 5 atom stereocenters. The van der Waals surface area contributed by atoms with Crippen molar-refractivity contribution in [2.75, 3.05) is 6.54 Å². The number of hydrogen-bond donors (Lipinski definition) is 3. The summed E-state index contributed by atoms with van der Waals surface area (Å²) in [5, 5.41) is 10.4. The molecule has 2 fully saturated rings. The predicted octanol–water partition coefficient (Wildman–Crippen LogP) is 5.25. The number of benzene rings is 3. The number of ketones is 1. The van der Waals surface area contributed by atoms with Gasteiger partial charge in [0.25, 0.3) is 8.32 Å². The van der Waals surface area contributed by atoms with E-state index in [-0.39, 0.29) is 48.6 Å². The summed E-state index contributed by atoms with van der Waals surface area (Å²) in [4.78, 5) is 70.6. The van der Waals surface area contributed by atoms with Crippen LogP contribution >= 0.6 is 0 Å². The Bertz CT molecular complexity index is 1900. The molecule has 312 valence electrons. The molecule has 0 aromatic heterocycles. The molecular weight excluding hydrogens is 759 g/mol. The number of hydrogen-bond acceptors (Lipinski definition) is 6. The van der Waals surface area contributed by atoms with E-state index < -0.39 is 73.3 Å². The van der Waals surface area contributed by atoms with Crippen molar-refractivity contribution in [2.45, 2.75) is 134 Å². The molecule has 3 aromatic rings. The van der Waals surface area contributed by atoms with Crippen molar-refractivity contribution in [3.05, 3.63) is 96.1 Å². The summed E-state index contributed by atoms with van der Waals surface area (Å²) < 4.78 is 34.8. The lowest BCUT2D eigenvalue weighted by Gasteiger charge is -2.44. The largest absolute Gasteiger partial charge is 0.398 e. The SMILES string of the molecule is CC[C@]1(C)NC(=O)[C@H](CCCCCC(=O)[C@@H](C)O[Si](c2ccccc2)(c2ccccc2)C(C)(C)C)NC(=O)[C@H]2CCCN2C(=O)[C@H](Cc2ccc(F)c(F)c2)NC1=O. The van der Waals surface area contributed by atoms with Crippen LogP contribution in [-0.2, 0) is 34.8 Å². The first-order valence-electron chi connectivity index (χ1n) is 20.5. The molecule has 2 saturated heterocycles. The summed E-state index contributed by atoms with van der Waals surface area (Å²) in [6.07, 6.45) is 2.45. The Balaban J connectivity index is 1.25. The zero-order valence-electron chi connectivity index (χ0n) is 34.5. The standard InChI is InChI=1S/C45H58F2N4O6Si/c1-7-45(6)43(56)49-37(29-31-25-26-34(46)35(47)28-31)42(55)51-27-17-23-38(51)41(54)48-36(40(53)50-45)22-15-10-16-24-39(52)30(2)57-58(44(3,4)5,32-18-11-8-12-19-32)33-20-13-9-14-21-33/h8-9,11-14,18-21,25-26,28,30,36-38H,7,10,15-17,22-24,27,29H2,1-6H3,(H,48,54)(H,49,56)(H,50,53)/t30-,36+,37+,38-,45+/m1/s1. The van der Waals surface area contributed by atoms with Crippen LogP contribution in [0.1, 0.15) is 98.5 Å². The second kappa shape index (κ2) is 18.9. The van der Waals surface area contributed by atoms with Crippen molar-refractivity contribution in [3.8, 4) is 0 Å². The van der Waals surface area contributed by atoms with Gasteiger partial charge in [-0.3, -0.25) is 24.0 Å². The Hall–Kier alpha value is -4.75. The third-order valence-electron chi connectivity index (χ3n) is 11.7. The normalized spacial score (nSPS) is 22.6. The molecule has 0 radical (unpaired) electrons. The minimum Gasteiger partial charge on any atom is -0.398 e. The molecule has 10 nitrogen and oxygen atoms in total. The number of carbonyl (C=O) groups excluding carboxylic acids is 5. The molecule has 3 aromatic carbocycles. The fourth-order valence-corrected chi connectivity index (χ4v) is 12.9. The highest BCUT2D eigenvalue weighted by molar-refractivity contribution is 6.99. The predicted molar refractivity (Wildman–Crippen MR) is 222 cm³/mol. The fourth-order valence-electron chi connectivity index (χ4n) is 8.17. The molecule has 5 rings (SSSR count). The number of nitrogens with zero attached hydrogens (tertiary/aromatic N) is 1. The zero-order chi connectivity index (χ0) is 42.3. The maximum atomic E-state index is 14.1. The van der Waals surface area contributed by atoms with Crippen LogP contribution in [0.15, 0.2) is 78.9 Å². The van der Waals surface area contributed by atoms with E-state index in [1.165, 1.54) is 11.0 Å². The van der Waals surface area contributed by atoms with Crippen LogP contribution in [0, 0.1) is 11.6 Å². The molecule has 0 saturated carbocycles. The summed E-state index contributed by atoms with van der Waals surface area (Å²) in [6, 6.07) is 20.6. The average Bonchev–Trinajstić information content (AvgIpc) is 3.70. The molecule has 58 heavy (non-hydrogen) atoms. The van der Waals surface area contributed by atoms with Crippen molar-refractivity contribution in [1.82, 2.24) is 20.9 Å². The van der Waals surface area contributed by atoms with Gasteiger partial charge >= 0.3 is 0 Å². The van der Waals surface area contributed by atoms with Gasteiger partial charge in [-0.15, -0.1) is 0 Å². The first-order chi connectivity index (χ1) is 27.5. The van der Waals surface area contributed by atoms with Gasteiger partial charge in [0, 0.05) is 19.4 Å². The number of rotatable bonds is 14. The molecule has 2 aliphatic rings. The van der Waals surface area contributed by atoms with E-state index in [0.29, 0.717) is 32.1 Å². The van der Waals surface area contributed by atoms with Crippen LogP contribution in [0.4, 0.5) is 8.78 Å². The van der Waals surface area contributed by atoms with E-state index in [1.54, 1.807) is 13.8 Å². The number of unbranched alkanes of at least 4 members (excludes halogenated alkanes) is 2. The molecular formula is C45H58F2N4O6Si. The Morgan fingerprint density at radius 1 is 0.879 bits per heavy atom. The van der Waals surface area contributed by atoms with E-state index in [1.807, 2.05) is 43.3 Å². The second-order valence-corrected chi connectivity index (χ2v) is 21.1. The minimum atomic E-state index is -2.93. The van der Waals surface area contributed by atoms with Crippen LogP contribution in [0.3, 0.4) is 0 Å². The van der Waals surface area contributed by atoms with Gasteiger partial charge in [-0.25, -0.2) is 8.78 Å². The van der Waals surface area contributed by atoms with Gasteiger partial charge in [0.1, 0.15) is 29.8 Å². The van der Waals surface area contributed by atoms with Crippen LogP contribution in [0.2, 0.25) is 5.04 Å². The number of amides is 4. The first-order valence-corrected chi connectivity index (χ1v) is 22.4. The summed E-state index contributed by atoms with van der Waals surface area (Å²) >= 11 is 0. The summed E-state index contributed by atoms with van der Waals surface area (Å²) in [6.45, 7) is 11.9. The van der Waals surface area contributed by atoms with E-state index in [2.05, 4.69) is 61.0 Å². The number of carbonyl (C=O) groups is 5. The molecule has 4 amide bonds. The molecule has 3 N–H and O–H groups in total. The van der Waals surface area contributed by atoms with Crippen molar-refractivity contribution in [2.24, 2.45) is 0 Å². The van der Waals surface area contributed by atoms with Crippen molar-refractivity contribution >= 4 is 48.1 Å². The Kier molecular flexibility index (Phi) is 14.4. The van der Waals surface area contributed by atoms with Crippen molar-refractivity contribution in [3.63, 3.8) is 0 Å². The van der Waals surface area contributed by atoms with Crippen LogP contribution in [-0.4, -0.2) is 78.9 Å². The van der Waals surface area contributed by atoms with Gasteiger partial charge in [0.05, 0.1) is 0 Å². The molecule has 0 unspecified atom stereocenters. The molecule has 0 bridgehead atoms. The van der Waals surface area contributed by atoms with Crippen LogP contribution in [0.25, 0.3) is 0 Å². The van der Waals surface area contributed by atoms with Gasteiger partial charge < -0.3 is 25.3 Å². The van der Waals surface area contributed by atoms with E-state index in [9.17, 15) is 32.8 Å². The van der Waals surface area contributed by atoms with Gasteiger partial charge in [0.2, 0.25) is 23.6 Å². The minimum absolute atomic E-state index is 0.0105. The topological polar surface area (TPSA) is 134 Å². The third-order valence-corrected chi connectivity index (χ3v) is 16.9. The molecule has 0 aliphatic carbocycles. The lowest BCUT2D eigenvalue weighted by atomic mass is 9.94. The Labute approximate surface area is 342 Å². The van der Waals surface area contributed by atoms with Gasteiger partial charge in [-0.05, 0) is 79.1 Å². The van der Waals surface area contributed by atoms with E-state index in [0.717, 1.165) is 22.5 Å².